The summed E-state index contributed by atoms with van der Waals surface area (Å²) in [5.74, 6) is 0.176. The van der Waals surface area contributed by atoms with Gasteiger partial charge in [0.2, 0.25) is 0 Å². The lowest BCUT2D eigenvalue weighted by Crippen LogP contribution is -2.35. The van der Waals surface area contributed by atoms with Crippen molar-refractivity contribution in [3.05, 3.63) is 59.9 Å². The molecule has 1 aromatic carbocycles. The fourth-order valence-corrected chi connectivity index (χ4v) is 2.18. The number of rotatable bonds is 6. The van der Waals surface area contributed by atoms with E-state index in [1.165, 1.54) is 5.56 Å². The van der Waals surface area contributed by atoms with Crippen LogP contribution in [-0.4, -0.2) is 27.8 Å². The molecule has 20 heavy (non-hydrogen) atoms. The predicted molar refractivity (Wildman–Crippen MR) is 81.7 cm³/mol. The van der Waals surface area contributed by atoms with E-state index in [9.17, 15) is 4.79 Å². The minimum atomic E-state index is 0.176. The van der Waals surface area contributed by atoms with Gasteiger partial charge < -0.3 is 4.57 Å². The number of hydrogen-bond acceptors (Lipinski definition) is 2. The zero-order valence-electron chi connectivity index (χ0n) is 12.4. The van der Waals surface area contributed by atoms with Gasteiger partial charge in [0.15, 0.2) is 5.78 Å². The van der Waals surface area contributed by atoms with Gasteiger partial charge in [-0.05, 0) is 25.5 Å². The molecule has 2 aromatic rings. The van der Waals surface area contributed by atoms with Gasteiger partial charge in [0.25, 0.3) is 0 Å². The molecule has 0 unspecified atom stereocenters. The summed E-state index contributed by atoms with van der Waals surface area (Å²) in [5.41, 5.74) is 2.02. The van der Waals surface area contributed by atoms with Crippen LogP contribution in [0.15, 0.2) is 48.8 Å². The number of carbonyl (C=O) groups is 1. The Hall–Kier alpha value is -1.87. The minimum Gasteiger partial charge on any atom is -0.357 e. The molecule has 0 saturated heterocycles. The Bertz CT molecular complexity index is 557. The highest BCUT2D eigenvalue weighted by Gasteiger charge is 2.16. The third kappa shape index (κ3) is 3.81. The minimum absolute atomic E-state index is 0.176. The van der Waals surface area contributed by atoms with E-state index in [2.05, 4.69) is 30.9 Å². The number of nitrogens with zero attached hydrogens (tertiary/aromatic N) is 2. The molecule has 0 aliphatic heterocycles. The van der Waals surface area contributed by atoms with E-state index in [-0.39, 0.29) is 5.78 Å². The summed E-state index contributed by atoms with van der Waals surface area (Å²) in [5, 5.41) is 0. The zero-order valence-corrected chi connectivity index (χ0v) is 12.4. The summed E-state index contributed by atoms with van der Waals surface area (Å²) in [6, 6.07) is 12.5. The van der Waals surface area contributed by atoms with Gasteiger partial charge >= 0.3 is 0 Å². The van der Waals surface area contributed by atoms with Crippen LogP contribution >= 0.6 is 0 Å². The van der Waals surface area contributed by atoms with Crippen molar-refractivity contribution in [1.29, 1.82) is 0 Å². The second-order valence-electron chi connectivity index (χ2n) is 5.47. The van der Waals surface area contributed by atoms with Crippen molar-refractivity contribution in [2.75, 3.05) is 6.54 Å². The molecule has 0 amide bonds. The maximum atomic E-state index is 12.3. The van der Waals surface area contributed by atoms with E-state index < -0.39 is 0 Å². The number of benzene rings is 1. The molecule has 0 aliphatic carbocycles. The maximum absolute atomic E-state index is 12.3. The van der Waals surface area contributed by atoms with Gasteiger partial charge in [-0.1, -0.05) is 30.3 Å². The average molecular weight is 270 g/mol. The molecule has 1 aromatic heterocycles. The molecule has 0 radical (unpaired) electrons. The second-order valence-corrected chi connectivity index (χ2v) is 5.47. The molecule has 3 heteroatoms. The number of aryl methyl sites for hydroxylation is 1. The number of aromatic nitrogens is 1. The maximum Gasteiger partial charge on any atom is 0.178 e. The number of ketones is 1. The Labute approximate surface area is 120 Å². The average Bonchev–Trinajstić information content (AvgIpc) is 2.86. The van der Waals surface area contributed by atoms with Gasteiger partial charge in [-0.2, -0.15) is 0 Å². The Kier molecular flexibility index (Phi) is 4.74. The van der Waals surface area contributed by atoms with Crippen molar-refractivity contribution in [3.8, 4) is 0 Å². The van der Waals surface area contributed by atoms with E-state index in [4.69, 9.17) is 0 Å². The van der Waals surface area contributed by atoms with Crippen molar-refractivity contribution in [2.24, 2.45) is 7.05 Å². The molecule has 0 aliphatic rings. The molecule has 0 N–H and O–H groups in total. The first-order valence-electron chi connectivity index (χ1n) is 6.99. The van der Waals surface area contributed by atoms with Crippen molar-refractivity contribution in [1.82, 2.24) is 9.47 Å². The lowest BCUT2D eigenvalue weighted by atomic mass is 10.1. The molecular weight excluding hydrogens is 248 g/mol. The van der Waals surface area contributed by atoms with E-state index in [0.717, 1.165) is 12.1 Å². The topological polar surface area (TPSA) is 25.2 Å². The van der Waals surface area contributed by atoms with E-state index >= 15 is 0 Å². The van der Waals surface area contributed by atoms with Crippen LogP contribution in [0.3, 0.4) is 0 Å². The Balaban J connectivity index is 2.04. The van der Waals surface area contributed by atoms with Gasteiger partial charge in [0.1, 0.15) is 0 Å². The summed E-state index contributed by atoms with van der Waals surface area (Å²) >= 11 is 0. The molecule has 0 spiro atoms. The van der Waals surface area contributed by atoms with Gasteiger partial charge in [-0.25, -0.2) is 0 Å². The van der Waals surface area contributed by atoms with Gasteiger partial charge in [0.05, 0.1) is 6.54 Å². The van der Waals surface area contributed by atoms with Crippen molar-refractivity contribution >= 4 is 5.78 Å². The third-order valence-electron chi connectivity index (χ3n) is 3.46. The van der Waals surface area contributed by atoms with Crippen molar-refractivity contribution in [3.63, 3.8) is 0 Å². The third-order valence-corrected chi connectivity index (χ3v) is 3.46. The summed E-state index contributed by atoms with van der Waals surface area (Å²) in [7, 11) is 1.93. The predicted octanol–water partition coefficient (Wildman–Crippen LogP) is 3.12. The Morgan fingerprint density at radius 3 is 2.45 bits per heavy atom. The summed E-state index contributed by atoms with van der Waals surface area (Å²) in [6.45, 7) is 5.51. The van der Waals surface area contributed by atoms with E-state index in [1.807, 2.05) is 48.3 Å². The molecule has 0 saturated carbocycles. The van der Waals surface area contributed by atoms with Crippen molar-refractivity contribution < 1.29 is 4.79 Å². The standard InChI is InChI=1S/C17H22N2O/c1-14(2)19(11-15-7-5-4-6-8-15)13-17(20)16-9-10-18(3)12-16/h4-10,12,14H,11,13H2,1-3H3. The second kappa shape index (κ2) is 6.53. The number of Topliss-reactive ketones (excluding diaryl/α,β-unsaturated/α-hetero) is 1. The number of carbonyl (C=O) groups excluding carboxylic acids is 1. The molecule has 0 fully saturated rings. The van der Waals surface area contributed by atoms with Crippen LogP contribution in [0, 0.1) is 0 Å². The summed E-state index contributed by atoms with van der Waals surface area (Å²) < 4.78 is 1.91. The summed E-state index contributed by atoms with van der Waals surface area (Å²) in [6.07, 6.45) is 3.79. The largest absolute Gasteiger partial charge is 0.357 e. The molecule has 2 rings (SSSR count). The molecule has 106 valence electrons. The van der Waals surface area contributed by atoms with Crippen LogP contribution in [0.5, 0.6) is 0 Å². The molecular formula is C17H22N2O. The van der Waals surface area contributed by atoms with Gasteiger partial charge in [-0.3, -0.25) is 9.69 Å². The highest BCUT2D eigenvalue weighted by atomic mass is 16.1. The quantitative estimate of drug-likeness (QED) is 0.754. The lowest BCUT2D eigenvalue weighted by molar-refractivity contribution is 0.0898. The normalized spacial score (nSPS) is 11.2. The smallest absolute Gasteiger partial charge is 0.178 e. The van der Waals surface area contributed by atoms with Crippen LogP contribution in [0.4, 0.5) is 0 Å². The Morgan fingerprint density at radius 1 is 1.20 bits per heavy atom. The Morgan fingerprint density at radius 2 is 1.90 bits per heavy atom. The van der Waals surface area contributed by atoms with E-state index in [1.54, 1.807) is 0 Å². The fraction of sp³-hybridized carbons (Fsp3) is 0.353. The highest BCUT2D eigenvalue weighted by Crippen LogP contribution is 2.10. The lowest BCUT2D eigenvalue weighted by Gasteiger charge is -2.25. The zero-order chi connectivity index (χ0) is 14.5. The van der Waals surface area contributed by atoms with Gasteiger partial charge in [-0.15, -0.1) is 0 Å². The number of hydrogen-bond donors (Lipinski definition) is 0. The van der Waals surface area contributed by atoms with Gasteiger partial charge in [0, 0.05) is 37.6 Å². The molecule has 0 bridgehead atoms. The fourth-order valence-electron chi connectivity index (χ4n) is 2.18. The van der Waals surface area contributed by atoms with Crippen molar-refractivity contribution in [2.45, 2.75) is 26.4 Å². The highest BCUT2D eigenvalue weighted by molar-refractivity contribution is 5.97. The molecule has 3 nitrogen and oxygen atoms in total. The van der Waals surface area contributed by atoms with Crippen LogP contribution in [0.25, 0.3) is 0 Å². The first-order chi connectivity index (χ1) is 9.56. The molecule has 0 atom stereocenters. The summed E-state index contributed by atoms with van der Waals surface area (Å²) in [4.78, 5) is 14.5. The molecule has 1 heterocycles. The monoisotopic (exact) mass is 270 g/mol. The van der Waals surface area contributed by atoms with E-state index in [0.29, 0.717) is 12.6 Å². The van der Waals surface area contributed by atoms with Crippen LogP contribution < -0.4 is 0 Å². The van der Waals surface area contributed by atoms with Crippen LogP contribution in [0.2, 0.25) is 0 Å². The SMILES string of the molecule is CC(C)N(CC(=O)c1ccn(C)c1)Cc1ccccc1. The first-order valence-corrected chi connectivity index (χ1v) is 6.99. The van der Waals surface area contributed by atoms with Crippen LogP contribution in [-0.2, 0) is 13.6 Å². The first kappa shape index (κ1) is 14.5. The van der Waals surface area contributed by atoms with Crippen LogP contribution in [0.1, 0.15) is 29.8 Å².